The van der Waals surface area contributed by atoms with Gasteiger partial charge in [0.1, 0.15) is 6.54 Å². The van der Waals surface area contributed by atoms with Crippen molar-refractivity contribution in [2.24, 2.45) is 5.92 Å². The van der Waals surface area contributed by atoms with Gasteiger partial charge in [-0.25, -0.2) is 0 Å². The lowest BCUT2D eigenvalue weighted by Gasteiger charge is -2.28. The molecule has 2 atom stereocenters. The zero-order valence-electron chi connectivity index (χ0n) is 17.1. The molecule has 0 bridgehead atoms. The Balaban J connectivity index is 3.90. The summed E-state index contributed by atoms with van der Waals surface area (Å²) < 4.78 is 5.96. The van der Waals surface area contributed by atoms with Crippen molar-refractivity contribution in [3.05, 3.63) is 0 Å². The van der Waals surface area contributed by atoms with E-state index in [1.165, 1.54) is 32.1 Å². The van der Waals surface area contributed by atoms with Gasteiger partial charge >= 0.3 is 11.9 Å². The standard InChI is InChI=1S/C20H39NO4/c1-6-7-12-17(2)13-10-8-9-11-14-20(24)25-18(15-19(22)23)16-21(3,4)5/h17-18H,6-16H2,1-5H3/p+1. The largest absolute Gasteiger partial charge is 0.481 e. The number of hydrogen-bond acceptors (Lipinski definition) is 3. The molecule has 1 N–H and O–H groups in total. The minimum atomic E-state index is -0.927. The predicted octanol–water partition coefficient (Wildman–Crippen LogP) is 4.25. The van der Waals surface area contributed by atoms with Crippen molar-refractivity contribution in [2.45, 2.75) is 84.2 Å². The number of carbonyl (C=O) groups excluding carboxylic acids is 1. The fourth-order valence-corrected chi connectivity index (χ4v) is 3.01. The quantitative estimate of drug-likeness (QED) is 0.270. The number of unbranched alkanes of at least 4 members (excludes halogenated alkanes) is 4. The van der Waals surface area contributed by atoms with Gasteiger partial charge in [-0.15, -0.1) is 0 Å². The molecule has 148 valence electrons. The molecule has 0 aromatic heterocycles. The number of esters is 1. The molecule has 0 heterocycles. The third kappa shape index (κ3) is 16.1. The Kier molecular flexibility index (Phi) is 12.6. The van der Waals surface area contributed by atoms with Crippen LogP contribution in [0.2, 0.25) is 0 Å². The minimum absolute atomic E-state index is 0.128. The molecular weight excluding hydrogens is 318 g/mol. The molecule has 0 amide bonds. The van der Waals surface area contributed by atoms with Gasteiger partial charge < -0.3 is 14.3 Å². The maximum absolute atomic E-state index is 12.0. The van der Waals surface area contributed by atoms with Gasteiger partial charge in [-0.2, -0.15) is 0 Å². The Hall–Kier alpha value is -1.10. The molecule has 0 aliphatic rings. The zero-order valence-corrected chi connectivity index (χ0v) is 17.1. The van der Waals surface area contributed by atoms with E-state index in [-0.39, 0.29) is 12.4 Å². The highest BCUT2D eigenvalue weighted by Gasteiger charge is 2.24. The van der Waals surface area contributed by atoms with Crippen molar-refractivity contribution >= 4 is 11.9 Å². The second kappa shape index (κ2) is 13.2. The summed E-state index contributed by atoms with van der Waals surface area (Å²) in [5.41, 5.74) is 0. The van der Waals surface area contributed by atoms with Crippen molar-refractivity contribution < 1.29 is 23.9 Å². The number of hydrogen-bond donors (Lipinski definition) is 1. The van der Waals surface area contributed by atoms with Gasteiger partial charge in [-0.05, 0) is 12.3 Å². The van der Waals surface area contributed by atoms with Crippen LogP contribution < -0.4 is 0 Å². The lowest BCUT2D eigenvalue weighted by molar-refractivity contribution is -0.873. The topological polar surface area (TPSA) is 63.6 Å². The summed E-state index contributed by atoms with van der Waals surface area (Å²) in [5, 5.41) is 8.97. The van der Waals surface area contributed by atoms with E-state index < -0.39 is 12.1 Å². The molecule has 25 heavy (non-hydrogen) atoms. The van der Waals surface area contributed by atoms with Gasteiger partial charge in [0.15, 0.2) is 6.10 Å². The maximum Gasteiger partial charge on any atom is 0.307 e. The molecule has 0 saturated heterocycles. The van der Waals surface area contributed by atoms with E-state index in [1.54, 1.807) is 0 Å². The van der Waals surface area contributed by atoms with Crippen LogP contribution in [0.25, 0.3) is 0 Å². The van der Waals surface area contributed by atoms with Gasteiger partial charge in [0.05, 0.1) is 27.6 Å². The van der Waals surface area contributed by atoms with Crippen LogP contribution in [0.5, 0.6) is 0 Å². The number of aliphatic carboxylic acids is 1. The lowest BCUT2D eigenvalue weighted by Crippen LogP contribution is -2.43. The number of carboxylic acids is 1. The van der Waals surface area contributed by atoms with Crippen molar-refractivity contribution in [3.63, 3.8) is 0 Å². The number of likely N-dealkylation sites (N-methyl/N-ethyl adjacent to an activating group) is 1. The molecule has 0 rings (SSSR count). The Bertz CT molecular complexity index is 376. The van der Waals surface area contributed by atoms with Gasteiger partial charge in [-0.3, -0.25) is 9.59 Å². The summed E-state index contributed by atoms with van der Waals surface area (Å²) in [6.45, 7) is 5.06. The summed E-state index contributed by atoms with van der Waals surface area (Å²) in [6.07, 6.45) is 9.13. The first-order valence-electron chi connectivity index (χ1n) is 9.85. The minimum Gasteiger partial charge on any atom is -0.481 e. The highest BCUT2D eigenvalue weighted by molar-refractivity contribution is 5.71. The Morgan fingerprint density at radius 2 is 1.60 bits per heavy atom. The normalized spacial score (nSPS) is 14.1. The first kappa shape index (κ1) is 23.9. The highest BCUT2D eigenvalue weighted by atomic mass is 16.5. The van der Waals surface area contributed by atoms with Crippen molar-refractivity contribution in [1.29, 1.82) is 0 Å². The van der Waals surface area contributed by atoms with Gasteiger partial charge in [0.25, 0.3) is 0 Å². The average Bonchev–Trinajstić information content (AvgIpc) is 2.46. The van der Waals surface area contributed by atoms with Crippen LogP contribution in [0.4, 0.5) is 0 Å². The summed E-state index contributed by atoms with van der Waals surface area (Å²) in [7, 11) is 5.89. The molecule has 0 fully saturated rings. The molecule has 0 aliphatic heterocycles. The molecular formula is C20H40NO4+. The SMILES string of the molecule is CCCCC(C)CCCCCCC(=O)OC(CC(=O)O)C[N+](C)(C)C. The molecule has 0 aliphatic carbocycles. The van der Waals surface area contributed by atoms with Crippen LogP contribution in [0.15, 0.2) is 0 Å². The molecule has 0 aromatic carbocycles. The van der Waals surface area contributed by atoms with E-state index >= 15 is 0 Å². The second-order valence-electron chi connectivity index (χ2n) is 8.38. The molecule has 5 nitrogen and oxygen atoms in total. The first-order chi connectivity index (χ1) is 11.6. The predicted molar refractivity (Wildman–Crippen MR) is 101 cm³/mol. The number of nitrogens with zero attached hydrogens (tertiary/aromatic N) is 1. The molecule has 0 spiro atoms. The molecule has 2 unspecified atom stereocenters. The lowest BCUT2D eigenvalue weighted by atomic mass is 9.97. The van der Waals surface area contributed by atoms with E-state index in [2.05, 4.69) is 13.8 Å². The van der Waals surface area contributed by atoms with Gasteiger partial charge in [0.2, 0.25) is 0 Å². The monoisotopic (exact) mass is 358 g/mol. The van der Waals surface area contributed by atoms with Crippen molar-refractivity contribution in [3.8, 4) is 0 Å². The summed E-state index contributed by atoms with van der Waals surface area (Å²) >= 11 is 0. The molecule has 0 aromatic rings. The van der Waals surface area contributed by atoms with Crippen LogP contribution in [-0.2, 0) is 14.3 Å². The highest BCUT2D eigenvalue weighted by Crippen LogP contribution is 2.17. The Morgan fingerprint density at radius 3 is 2.16 bits per heavy atom. The number of carbonyl (C=O) groups is 2. The maximum atomic E-state index is 12.0. The van der Waals surface area contributed by atoms with Crippen LogP contribution in [0.3, 0.4) is 0 Å². The van der Waals surface area contributed by atoms with Crippen LogP contribution in [0.1, 0.15) is 78.1 Å². The average molecular weight is 359 g/mol. The Labute approximate surface area is 154 Å². The third-order valence-electron chi connectivity index (χ3n) is 4.33. The summed E-state index contributed by atoms with van der Waals surface area (Å²) in [4.78, 5) is 22.9. The van der Waals surface area contributed by atoms with E-state index in [0.29, 0.717) is 17.4 Å². The smallest absolute Gasteiger partial charge is 0.307 e. The Morgan fingerprint density at radius 1 is 1.00 bits per heavy atom. The third-order valence-corrected chi connectivity index (χ3v) is 4.33. The number of ether oxygens (including phenoxy) is 1. The van der Waals surface area contributed by atoms with Gasteiger partial charge in [0, 0.05) is 6.42 Å². The zero-order chi connectivity index (χ0) is 19.3. The number of carboxylic acid groups (broad SMARTS) is 1. The first-order valence-corrected chi connectivity index (χ1v) is 9.85. The van der Waals surface area contributed by atoms with Gasteiger partial charge in [-0.1, -0.05) is 58.8 Å². The van der Waals surface area contributed by atoms with Crippen molar-refractivity contribution in [1.82, 2.24) is 0 Å². The van der Waals surface area contributed by atoms with E-state index in [4.69, 9.17) is 9.84 Å². The van der Waals surface area contributed by atoms with Crippen molar-refractivity contribution in [2.75, 3.05) is 27.7 Å². The number of quaternary nitrogens is 1. The molecule has 5 heteroatoms. The second-order valence-corrected chi connectivity index (χ2v) is 8.38. The fraction of sp³-hybridized carbons (Fsp3) is 0.900. The summed E-state index contributed by atoms with van der Waals surface area (Å²) in [5.74, 6) is -0.392. The van der Waals surface area contributed by atoms with E-state index in [9.17, 15) is 9.59 Å². The number of rotatable bonds is 15. The van der Waals surface area contributed by atoms with Crippen LogP contribution in [-0.4, -0.2) is 55.3 Å². The van der Waals surface area contributed by atoms with Crippen LogP contribution >= 0.6 is 0 Å². The van der Waals surface area contributed by atoms with E-state index in [0.717, 1.165) is 25.2 Å². The van der Waals surface area contributed by atoms with E-state index in [1.807, 2.05) is 21.1 Å². The molecule has 0 radical (unpaired) electrons. The summed E-state index contributed by atoms with van der Waals surface area (Å²) in [6, 6.07) is 0. The van der Waals surface area contributed by atoms with Crippen LogP contribution in [0, 0.1) is 5.92 Å². The fourth-order valence-electron chi connectivity index (χ4n) is 3.01. The molecule has 0 saturated carbocycles.